The van der Waals surface area contributed by atoms with Crippen molar-refractivity contribution in [1.82, 2.24) is 4.98 Å². The molecule has 18 heavy (non-hydrogen) atoms. The predicted molar refractivity (Wildman–Crippen MR) is 69.0 cm³/mol. The molecule has 1 aromatic heterocycles. The van der Waals surface area contributed by atoms with E-state index >= 15 is 0 Å². The van der Waals surface area contributed by atoms with Gasteiger partial charge in [0, 0.05) is 16.8 Å². The van der Waals surface area contributed by atoms with Gasteiger partial charge < -0.3 is 10.1 Å². The van der Waals surface area contributed by atoms with Crippen LogP contribution >= 0.6 is 0 Å². The molecule has 1 atom stereocenters. The van der Waals surface area contributed by atoms with Gasteiger partial charge in [-0.25, -0.2) is 4.79 Å². The summed E-state index contributed by atoms with van der Waals surface area (Å²) in [4.78, 5) is 26.4. The first-order valence-corrected chi connectivity index (χ1v) is 5.94. The topological polar surface area (TPSA) is 70.2 Å². The average molecular weight is 245 g/mol. The number of aromatic carboxylic acids is 1. The van der Waals surface area contributed by atoms with Crippen molar-refractivity contribution in [3.05, 3.63) is 35.5 Å². The number of H-pyrrole nitrogens is 1. The number of Topliss-reactive ketones (excluding diaryl/α,β-unsaturated/α-hetero) is 1. The monoisotopic (exact) mass is 245 g/mol. The van der Waals surface area contributed by atoms with Gasteiger partial charge in [-0.05, 0) is 12.5 Å². The Morgan fingerprint density at radius 2 is 2.00 bits per heavy atom. The number of ketones is 1. The zero-order valence-electron chi connectivity index (χ0n) is 10.4. The number of fused-ring (bicyclic) bond motifs is 1. The van der Waals surface area contributed by atoms with Gasteiger partial charge in [0.15, 0.2) is 5.78 Å². The van der Waals surface area contributed by atoms with Crippen molar-refractivity contribution < 1.29 is 14.7 Å². The quantitative estimate of drug-likeness (QED) is 0.813. The number of para-hydroxylation sites is 1. The Morgan fingerprint density at radius 3 is 2.61 bits per heavy atom. The van der Waals surface area contributed by atoms with Crippen LogP contribution in [0, 0.1) is 5.92 Å². The second kappa shape index (κ2) is 4.64. The summed E-state index contributed by atoms with van der Waals surface area (Å²) in [6, 6.07) is 7.06. The molecule has 2 rings (SSSR count). The lowest BCUT2D eigenvalue weighted by Crippen LogP contribution is -2.14. The van der Waals surface area contributed by atoms with Crippen molar-refractivity contribution in [2.24, 2.45) is 5.92 Å². The van der Waals surface area contributed by atoms with Crippen molar-refractivity contribution in [1.29, 1.82) is 0 Å². The molecule has 0 aliphatic heterocycles. The first kappa shape index (κ1) is 12.4. The summed E-state index contributed by atoms with van der Waals surface area (Å²) in [5.41, 5.74) is 0.968. The maximum Gasteiger partial charge on any atom is 0.338 e. The molecule has 4 nitrogen and oxygen atoms in total. The van der Waals surface area contributed by atoms with E-state index in [0.29, 0.717) is 17.3 Å². The van der Waals surface area contributed by atoms with Crippen LogP contribution in [0.5, 0.6) is 0 Å². The smallest absolute Gasteiger partial charge is 0.338 e. The molecule has 2 N–H and O–H groups in total. The summed E-state index contributed by atoms with van der Waals surface area (Å²) in [6.07, 6.45) is 0.688. The molecule has 0 spiro atoms. The van der Waals surface area contributed by atoms with Crippen LogP contribution < -0.4 is 0 Å². The Kier molecular flexibility index (Phi) is 3.19. The molecule has 0 aliphatic rings. The molecule has 0 bridgehead atoms. The third-order valence-electron chi connectivity index (χ3n) is 3.23. The maximum atomic E-state index is 12.2. The van der Waals surface area contributed by atoms with Crippen LogP contribution in [-0.2, 0) is 0 Å². The van der Waals surface area contributed by atoms with Crippen LogP contribution in [0.4, 0.5) is 0 Å². The molecule has 1 unspecified atom stereocenters. The number of carboxylic acids is 1. The van der Waals surface area contributed by atoms with Crippen molar-refractivity contribution in [2.75, 3.05) is 0 Å². The Hall–Kier alpha value is -2.10. The summed E-state index contributed by atoms with van der Waals surface area (Å²) in [7, 11) is 0. The highest BCUT2D eigenvalue weighted by Gasteiger charge is 2.24. The molecule has 0 saturated heterocycles. The third-order valence-corrected chi connectivity index (χ3v) is 3.23. The Morgan fingerprint density at radius 1 is 1.33 bits per heavy atom. The first-order chi connectivity index (χ1) is 8.56. The molecular weight excluding hydrogens is 230 g/mol. The van der Waals surface area contributed by atoms with Gasteiger partial charge in [0.1, 0.15) is 0 Å². The van der Waals surface area contributed by atoms with Gasteiger partial charge >= 0.3 is 5.97 Å². The van der Waals surface area contributed by atoms with Crippen molar-refractivity contribution >= 4 is 22.7 Å². The van der Waals surface area contributed by atoms with E-state index in [1.54, 1.807) is 25.1 Å². The third kappa shape index (κ3) is 1.90. The molecule has 4 heteroatoms. The van der Waals surface area contributed by atoms with Gasteiger partial charge in [-0.15, -0.1) is 0 Å². The zero-order chi connectivity index (χ0) is 13.3. The Bertz CT molecular complexity index is 613. The molecular formula is C14H15NO3. The lowest BCUT2D eigenvalue weighted by Gasteiger charge is -2.06. The summed E-state index contributed by atoms with van der Waals surface area (Å²) in [5, 5.41) is 9.86. The van der Waals surface area contributed by atoms with Gasteiger partial charge in [-0.1, -0.05) is 32.0 Å². The van der Waals surface area contributed by atoms with Crippen molar-refractivity contribution in [3.8, 4) is 0 Å². The lowest BCUT2D eigenvalue weighted by atomic mass is 9.98. The van der Waals surface area contributed by atoms with Crippen LogP contribution in [0.25, 0.3) is 10.9 Å². The van der Waals surface area contributed by atoms with E-state index in [1.807, 2.05) is 13.0 Å². The highest BCUT2D eigenvalue weighted by Crippen LogP contribution is 2.25. The molecule has 1 heterocycles. The number of hydrogen-bond donors (Lipinski definition) is 2. The van der Waals surface area contributed by atoms with Gasteiger partial charge in [0.05, 0.1) is 11.3 Å². The van der Waals surface area contributed by atoms with Crippen LogP contribution in [0.3, 0.4) is 0 Å². The fourth-order valence-electron chi connectivity index (χ4n) is 1.98. The summed E-state index contributed by atoms with van der Waals surface area (Å²) >= 11 is 0. The second-order valence-electron chi connectivity index (χ2n) is 4.40. The SMILES string of the molecule is CCC(C)C(=O)c1[nH]c2ccccc2c1C(=O)O. The van der Waals surface area contributed by atoms with E-state index in [1.165, 1.54) is 0 Å². The van der Waals surface area contributed by atoms with Gasteiger partial charge in [-0.2, -0.15) is 0 Å². The number of aromatic amines is 1. The molecule has 94 valence electrons. The van der Waals surface area contributed by atoms with Crippen LogP contribution in [0.15, 0.2) is 24.3 Å². The normalized spacial score (nSPS) is 12.6. The number of carbonyl (C=O) groups is 2. The van der Waals surface area contributed by atoms with E-state index in [0.717, 1.165) is 0 Å². The van der Waals surface area contributed by atoms with E-state index in [2.05, 4.69) is 4.98 Å². The number of rotatable bonds is 4. The molecule has 0 fully saturated rings. The second-order valence-corrected chi connectivity index (χ2v) is 4.40. The average Bonchev–Trinajstić information content (AvgIpc) is 2.76. The molecule has 2 aromatic rings. The Balaban J connectivity index is 2.67. The number of hydrogen-bond acceptors (Lipinski definition) is 2. The minimum atomic E-state index is -1.07. The number of carboxylic acid groups (broad SMARTS) is 1. The van der Waals surface area contributed by atoms with Gasteiger partial charge in [0.25, 0.3) is 0 Å². The fraction of sp³-hybridized carbons (Fsp3) is 0.286. The number of benzene rings is 1. The molecule has 0 amide bonds. The minimum Gasteiger partial charge on any atom is -0.478 e. The van der Waals surface area contributed by atoms with Crippen LogP contribution in [0.2, 0.25) is 0 Å². The summed E-state index contributed by atoms with van der Waals surface area (Å²) in [5.74, 6) is -1.40. The van der Waals surface area contributed by atoms with Gasteiger partial charge in [0.2, 0.25) is 0 Å². The van der Waals surface area contributed by atoms with E-state index in [4.69, 9.17) is 0 Å². The molecule has 0 saturated carbocycles. The van der Waals surface area contributed by atoms with Gasteiger partial charge in [-0.3, -0.25) is 4.79 Å². The number of nitrogens with one attached hydrogen (secondary N) is 1. The standard InChI is InChI=1S/C14H15NO3/c1-3-8(2)13(16)12-11(14(17)18)9-6-4-5-7-10(9)15-12/h4-8,15H,3H2,1-2H3,(H,17,18). The van der Waals surface area contributed by atoms with E-state index in [-0.39, 0.29) is 23.0 Å². The first-order valence-electron chi connectivity index (χ1n) is 5.94. The van der Waals surface area contributed by atoms with E-state index < -0.39 is 5.97 Å². The molecule has 0 aliphatic carbocycles. The predicted octanol–water partition coefficient (Wildman–Crippen LogP) is 3.09. The Labute approximate surface area is 105 Å². The fourth-order valence-corrected chi connectivity index (χ4v) is 1.98. The highest BCUT2D eigenvalue weighted by atomic mass is 16.4. The molecule has 0 radical (unpaired) electrons. The largest absolute Gasteiger partial charge is 0.478 e. The highest BCUT2D eigenvalue weighted by molar-refractivity contribution is 6.14. The lowest BCUT2D eigenvalue weighted by molar-refractivity contribution is 0.0692. The summed E-state index contributed by atoms with van der Waals surface area (Å²) < 4.78 is 0. The van der Waals surface area contributed by atoms with Crippen LogP contribution in [-0.4, -0.2) is 21.8 Å². The number of carbonyl (C=O) groups excluding carboxylic acids is 1. The maximum absolute atomic E-state index is 12.2. The molecule has 1 aromatic carbocycles. The minimum absolute atomic E-state index is 0.0795. The zero-order valence-corrected chi connectivity index (χ0v) is 10.4. The number of aromatic nitrogens is 1. The van der Waals surface area contributed by atoms with Crippen LogP contribution in [0.1, 0.15) is 41.1 Å². The van der Waals surface area contributed by atoms with Crippen molar-refractivity contribution in [2.45, 2.75) is 20.3 Å². The summed E-state index contributed by atoms with van der Waals surface area (Å²) in [6.45, 7) is 3.71. The van der Waals surface area contributed by atoms with Crippen molar-refractivity contribution in [3.63, 3.8) is 0 Å². The van der Waals surface area contributed by atoms with E-state index in [9.17, 15) is 14.7 Å².